The molecule has 21 heavy (non-hydrogen) atoms. The maximum atomic E-state index is 9.95. The molecule has 6 nitrogen and oxygen atoms in total. The van der Waals surface area contributed by atoms with Gasteiger partial charge in [0.2, 0.25) is 0 Å². The lowest BCUT2D eigenvalue weighted by atomic mass is 10.1. The number of aromatic hydroxyl groups is 1. The van der Waals surface area contributed by atoms with E-state index < -0.39 is 0 Å². The number of piperazine rings is 1. The van der Waals surface area contributed by atoms with Gasteiger partial charge in [0, 0.05) is 31.2 Å². The summed E-state index contributed by atoms with van der Waals surface area (Å²) in [5.74, 6) is 0.611. The summed E-state index contributed by atoms with van der Waals surface area (Å²) in [5.41, 5.74) is 8.15. The summed E-state index contributed by atoms with van der Waals surface area (Å²) >= 11 is 0. The fraction of sp³-hybridized carbons (Fsp3) is 0.333. The average molecular weight is 285 g/mol. The Morgan fingerprint density at radius 1 is 1.33 bits per heavy atom. The first-order chi connectivity index (χ1) is 10.1. The van der Waals surface area contributed by atoms with E-state index in [1.165, 1.54) is 0 Å². The van der Waals surface area contributed by atoms with Crippen LogP contribution in [0.3, 0.4) is 0 Å². The van der Waals surface area contributed by atoms with Crippen molar-refractivity contribution >= 4 is 11.5 Å². The average Bonchev–Trinajstić information content (AvgIpc) is 2.48. The molecule has 1 aliphatic heterocycles. The molecule has 110 valence electrons. The van der Waals surface area contributed by atoms with E-state index in [1.54, 1.807) is 12.1 Å². The van der Waals surface area contributed by atoms with Gasteiger partial charge in [0.1, 0.15) is 5.75 Å². The van der Waals surface area contributed by atoms with Gasteiger partial charge in [0.15, 0.2) is 5.82 Å². The van der Waals surface area contributed by atoms with Gasteiger partial charge < -0.3 is 21.1 Å². The SMILES string of the molecule is CC1CN(c2cc(-c3ccccc3O)nnc2N)CCN1. The molecule has 3 rings (SSSR count). The zero-order valence-corrected chi connectivity index (χ0v) is 12.0. The molecule has 1 aromatic heterocycles. The maximum Gasteiger partial charge on any atom is 0.169 e. The molecule has 0 bridgehead atoms. The van der Waals surface area contributed by atoms with E-state index in [4.69, 9.17) is 5.73 Å². The minimum atomic E-state index is 0.191. The first-order valence-corrected chi connectivity index (χ1v) is 7.05. The Hall–Kier alpha value is -2.34. The molecular formula is C15H19N5O. The van der Waals surface area contributed by atoms with Crippen LogP contribution in [0.15, 0.2) is 30.3 Å². The summed E-state index contributed by atoms with van der Waals surface area (Å²) in [5, 5.41) is 21.5. The van der Waals surface area contributed by atoms with Crippen molar-refractivity contribution in [1.29, 1.82) is 0 Å². The number of nitrogen functional groups attached to an aromatic ring is 1. The van der Waals surface area contributed by atoms with Crippen molar-refractivity contribution in [3.8, 4) is 17.0 Å². The third-order valence-corrected chi connectivity index (χ3v) is 3.69. The normalized spacial score (nSPS) is 18.7. The number of nitrogens with one attached hydrogen (secondary N) is 1. The monoisotopic (exact) mass is 285 g/mol. The fourth-order valence-corrected chi connectivity index (χ4v) is 2.62. The second-order valence-electron chi connectivity index (χ2n) is 5.32. The quantitative estimate of drug-likeness (QED) is 0.769. The molecule has 1 fully saturated rings. The Balaban J connectivity index is 1.98. The lowest BCUT2D eigenvalue weighted by molar-refractivity contribution is 0.477. The summed E-state index contributed by atoms with van der Waals surface area (Å²) in [6.45, 7) is 4.80. The standard InChI is InChI=1S/C15H19N5O/c1-10-9-20(7-6-17-10)13-8-12(18-19-15(13)16)11-4-2-3-5-14(11)21/h2-5,8,10,17,21H,6-7,9H2,1H3,(H2,16,19). The van der Waals surface area contributed by atoms with Crippen LogP contribution in [0.5, 0.6) is 5.75 Å². The van der Waals surface area contributed by atoms with Crippen molar-refractivity contribution in [2.24, 2.45) is 0 Å². The van der Waals surface area contributed by atoms with Crippen molar-refractivity contribution in [3.05, 3.63) is 30.3 Å². The van der Waals surface area contributed by atoms with Crippen LogP contribution in [0.25, 0.3) is 11.3 Å². The lowest BCUT2D eigenvalue weighted by Crippen LogP contribution is -2.49. The van der Waals surface area contributed by atoms with Crippen molar-refractivity contribution < 1.29 is 5.11 Å². The largest absolute Gasteiger partial charge is 0.507 e. The highest BCUT2D eigenvalue weighted by atomic mass is 16.3. The minimum Gasteiger partial charge on any atom is -0.507 e. The molecule has 0 radical (unpaired) electrons. The first kappa shape index (κ1) is 13.6. The molecule has 0 amide bonds. The van der Waals surface area contributed by atoms with Gasteiger partial charge in [-0.3, -0.25) is 0 Å². The summed E-state index contributed by atoms with van der Waals surface area (Å²) in [7, 11) is 0. The van der Waals surface area contributed by atoms with Gasteiger partial charge in [0.25, 0.3) is 0 Å². The molecule has 1 saturated heterocycles. The van der Waals surface area contributed by atoms with Gasteiger partial charge in [-0.2, -0.15) is 0 Å². The van der Waals surface area contributed by atoms with Gasteiger partial charge >= 0.3 is 0 Å². The van der Waals surface area contributed by atoms with Gasteiger partial charge in [0.05, 0.1) is 11.4 Å². The summed E-state index contributed by atoms with van der Waals surface area (Å²) in [4.78, 5) is 2.20. The Bertz CT molecular complexity index is 646. The van der Waals surface area contributed by atoms with Crippen molar-refractivity contribution in [1.82, 2.24) is 15.5 Å². The van der Waals surface area contributed by atoms with Gasteiger partial charge in [-0.05, 0) is 25.1 Å². The van der Waals surface area contributed by atoms with Gasteiger partial charge in [-0.25, -0.2) is 0 Å². The molecule has 2 aromatic rings. The number of phenolic OH excluding ortho intramolecular Hbond substituents is 1. The maximum absolute atomic E-state index is 9.95. The summed E-state index contributed by atoms with van der Waals surface area (Å²) in [6, 6.07) is 9.40. The summed E-state index contributed by atoms with van der Waals surface area (Å²) < 4.78 is 0. The van der Waals surface area contributed by atoms with Crippen LogP contribution in [0.2, 0.25) is 0 Å². The lowest BCUT2D eigenvalue weighted by Gasteiger charge is -2.34. The van der Waals surface area contributed by atoms with E-state index in [0.29, 0.717) is 23.1 Å². The predicted octanol–water partition coefficient (Wildman–Crippen LogP) is 1.23. The first-order valence-electron chi connectivity index (χ1n) is 7.05. The van der Waals surface area contributed by atoms with E-state index in [2.05, 4.69) is 27.3 Å². The highest BCUT2D eigenvalue weighted by Crippen LogP contribution is 2.31. The Morgan fingerprint density at radius 3 is 2.90 bits per heavy atom. The topological polar surface area (TPSA) is 87.3 Å². The van der Waals surface area contributed by atoms with E-state index in [9.17, 15) is 5.11 Å². The number of hydrogen-bond acceptors (Lipinski definition) is 6. The molecule has 1 unspecified atom stereocenters. The summed E-state index contributed by atoms with van der Waals surface area (Å²) in [6.07, 6.45) is 0. The van der Waals surface area contributed by atoms with E-state index in [-0.39, 0.29) is 5.75 Å². The number of para-hydroxylation sites is 1. The highest BCUT2D eigenvalue weighted by Gasteiger charge is 2.20. The van der Waals surface area contributed by atoms with Crippen molar-refractivity contribution in [2.45, 2.75) is 13.0 Å². The van der Waals surface area contributed by atoms with Gasteiger partial charge in [-0.15, -0.1) is 10.2 Å². The van der Waals surface area contributed by atoms with E-state index >= 15 is 0 Å². The molecule has 6 heteroatoms. The number of anilines is 2. The Kier molecular flexibility index (Phi) is 3.62. The number of benzene rings is 1. The Labute approximate surface area is 123 Å². The molecule has 0 saturated carbocycles. The third kappa shape index (κ3) is 2.75. The highest BCUT2D eigenvalue weighted by molar-refractivity contribution is 5.74. The van der Waals surface area contributed by atoms with E-state index in [1.807, 2.05) is 18.2 Å². The molecule has 1 aliphatic rings. The second kappa shape index (κ2) is 5.57. The van der Waals surface area contributed by atoms with Crippen molar-refractivity contribution in [2.75, 3.05) is 30.3 Å². The molecule has 1 atom stereocenters. The third-order valence-electron chi connectivity index (χ3n) is 3.69. The molecule has 2 heterocycles. The number of nitrogens with zero attached hydrogens (tertiary/aromatic N) is 3. The van der Waals surface area contributed by atoms with Crippen LogP contribution < -0.4 is 16.0 Å². The number of hydrogen-bond donors (Lipinski definition) is 3. The number of aromatic nitrogens is 2. The molecule has 0 spiro atoms. The van der Waals surface area contributed by atoms with Crippen LogP contribution in [-0.2, 0) is 0 Å². The van der Waals surface area contributed by atoms with Crippen LogP contribution in [-0.4, -0.2) is 41.0 Å². The van der Waals surface area contributed by atoms with Gasteiger partial charge in [-0.1, -0.05) is 12.1 Å². The second-order valence-corrected chi connectivity index (χ2v) is 5.32. The minimum absolute atomic E-state index is 0.191. The number of nitrogens with two attached hydrogens (primary N) is 1. The fourth-order valence-electron chi connectivity index (χ4n) is 2.62. The predicted molar refractivity (Wildman–Crippen MR) is 83.2 cm³/mol. The molecule has 0 aliphatic carbocycles. The van der Waals surface area contributed by atoms with Crippen LogP contribution in [0, 0.1) is 0 Å². The van der Waals surface area contributed by atoms with Crippen molar-refractivity contribution in [3.63, 3.8) is 0 Å². The Morgan fingerprint density at radius 2 is 2.14 bits per heavy atom. The van der Waals surface area contributed by atoms with E-state index in [0.717, 1.165) is 25.3 Å². The molecule has 4 N–H and O–H groups in total. The number of rotatable bonds is 2. The van der Waals surface area contributed by atoms with Crippen LogP contribution in [0.4, 0.5) is 11.5 Å². The number of phenols is 1. The van der Waals surface area contributed by atoms with Crippen LogP contribution in [0.1, 0.15) is 6.92 Å². The molecular weight excluding hydrogens is 266 g/mol. The molecule has 1 aromatic carbocycles. The zero-order chi connectivity index (χ0) is 14.8. The zero-order valence-electron chi connectivity index (χ0n) is 12.0. The van der Waals surface area contributed by atoms with Crippen LogP contribution >= 0.6 is 0 Å². The smallest absolute Gasteiger partial charge is 0.169 e.